The predicted molar refractivity (Wildman–Crippen MR) is 59.2 cm³/mol. The summed E-state index contributed by atoms with van der Waals surface area (Å²) in [5.41, 5.74) is 0.703. The minimum absolute atomic E-state index is 0.399. The maximum Gasteiger partial charge on any atom is 0.221 e. The molecule has 0 saturated carbocycles. The third kappa shape index (κ3) is 1.18. The number of benzene rings is 2. The smallest absolute Gasteiger partial charge is 0.219 e. The van der Waals surface area contributed by atoms with Crippen LogP contribution in [-0.4, -0.2) is 4.98 Å². The van der Waals surface area contributed by atoms with Crippen LogP contribution >= 0.6 is 0 Å². The van der Waals surface area contributed by atoms with Gasteiger partial charge in [0.2, 0.25) is 5.95 Å². The maximum absolute atomic E-state index is 13.6. The van der Waals surface area contributed by atoms with Crippen molar-refractivity contribution >= 4 is 21.7 Å². The molecule has 0 aliphatic rings. The van der Waals surface area contributed by atoms with Crippen molar-refractivity contribution in [3.05, 3.63) is 54.5 Å². The zero-order valence-electron chi connectivity index (χ0n) is 7.94. The van der Waals surface area contributed by atoms with Crippen molar-refractivity contribution < 1.29 is 4.39 Å². The van der Waals surface area contributed by atoms with Crippen LogP contribution in [0.3, 0.4) is 0 Å². The maximum atomic E-state index is 13.6. The molecule has 0 bridgehead atoms. The van der Waals surface area contributed by atoms with Crippen LogP contribution in [0.25, 0.3) is 21.7 Å². The Morgan fingerprint density at radius 2 is 1.33 bits per heavy atom. The topological polar surface area (TPSA) is 12.9 Å². The molecule has 0 saturated heterocycles. The van der Waals surface area contributed by atoms with Crippen LogP contribution in [-0.2, 0) is 0 Å². The zero-order chi connectivity index (χ0) is 10.3. The van der Waals surface area contributed by atoms with Crippen molar-refractivity contribution in [3.63, 3.8) is 0 Å². The number of halogens is 1. The van der Waals surface area contributed by atoms with E-state index in [4.69, 9.17) is 0 Å². The van der Waals surface area contributed by atoms with Crippen molar-refractivity contribution in [2.75, 3.05) is 0 Å². The van der Waals surface area contributed by atoms with Gasteiger partial charge in [-0.25, -0.2) is 4.98 Å². The van der Waals surface area contributed by atoms with Gasteiger partial charge < -0.3 is 0 Å². The molecule has 0 spiro atoms. The lowest BCUT2D eigenvalue weighted by molar-refractivity contribution is 0.601. The molecule has 3 aromatic rings. The molecule has 0 fully saturated rings. The average molecular weight is 197 g/mol. The van der Waals surface area contributed by atoms with E-state index in [1.807, 2.05) is 42.5 Å². The van der Waals surface area contributed by atoms with Gasteiger partial charge in [-0.2, -0.15) is 4.39 Å². The lowest BCUT2D eigenvalue weighted by Crippen LogP contribution is -1.87. The zero-order valence-corrected chi connectivity index (χ0v) is 7.94. The molecule has 0 radical (unpaired) electrons. The number of nitrogens with zero attached hydrogens (tertiary/aromatic N) is 1. The molecule has 3 rings (SSSR count). The van der Waals surface area contributed by atoms with Crippen LogP contribution in [0, 0.1) is 5.95 Å². The van der Waals surface area contributed by atoms with Gasteiger partial charge >= 0.3 is 0 Å². The van der Waals surface area contributed by atoms with Crippen molar-refractivity contribution in [2.45, 2.75) is 0 Å². The summed E-state index contributed by atoms with van der Waals surface area (Å²) >= 11 is 0. The monoisotopic (exact) mass is 197 g/mol. The Labute approximate surface area is 86.2 Å². The molecule has 15 heavy (non-hydrogen) atoms. The standard InChI is InChI=1S/C13H8FN/c14-13-11-7-2-1-5-9(11)10-6-3-4-8-12(10)15-13/h1-8H. The highest BCUT2D eigenvalue weighted by Crippen LogP contribution is 2.24. The van der Waals surface area contributed by atoms with Gasteiger partial charge in [0.15, 0.2) is 0 Å². The summed E-state index contributed by atoms with van der Waals surface area (Å²) in [6.45, 7) is 0. The van der Waals surface area contributed by atoms with Gasteiger partial charge in [0.1, 0.15) is 0 Å². The van der Waals surface area contributed by atoms with Crippen LogP contribution in [0.5, 0.6) is 0 Å². The van der Waals surface area contributed by atoms with Gasteiger partial charge in [0.05, 0.1) is 5.52 Å². The van der Waals surface area contributed by atoms with E-state index in [1.165, 1.54) is 0 Å². The second kappa shape index (κ2) is 3.02. The van der Waals surface area contributed by atoms with Gasteiger partial charge in [0.25, 0.3) is 0 Å². The molecule has 1 aromatic heterocycles. The Hall–Kier alpha value is -1.96. The fourth-order valence-corrected chi connectivity index (χ4v) is 1.86. The van der Waals surface area contributed by atoms with Crippen molar-refractivity contribution in [1.82, 2.24) is 4.98 Å². The minimum atomic E-state index is -0.399. The SMILES string of the molecule is Fc1nc2ccccc2c2ccccc12. The van der Waals surface area contributed by atoms with E-state index < -0.39 is 5.95 Å². The fourth-order valence-electron chi connectivity index (χ4n) is 1.86. The Morgan fingerprint density at radius 3 is 2.13 bits per heavy atom. The second-order valence-electron chi connectivity index (χ2n) is 3.47. The Kier molecular flexibility index (Phi) is 1.68. The highest BCUT2D eigenvalue weighted by atomic mass is 19.1. The average Bonchev–Trinajstić information content (AvgIpc) is 2.30. The number of fused-ring (bicyclic) bond motifs is 3. The largest absolute Gasteiger partial charge is 0.221 e. The van der Waals surface area contributed by atoms with Gasteiger partial charge in [-0.1, -0.05) is 36.4 Å². The lowest BCUT2D eigenvalue weighted by Gasteiger charge is -2.03. The Balaban J connectivity index is 2.64. The fraction of sp³-hybridized carbons (Fsp3) is 0. The Bertz CT molecular complexity index is 646. The first kappa shape index (κ1) is 8.36. The van der Waals surface area contributed by atoms with E-state index in [9.17, 15) is 4.39 Å². The molecule has 0 aliphatic carbocycles. The van der Waals surface area contributed by atoms with Crippen LogP contribution in [0.15, 0.2) is 48.5 Å². The lowest BCUT2D eigenvalue weighted by atomic mass is 10.1. The summed E-state index contributed by atoms with van der Waals surface area (Å²) in [5, 5.41) is 2.49. The van der Waals surface area contributed by atoms with Crippen LogP contribution in [0.1, 0.15) is 0 Å². The van der Waals surface area contributed by atoms with Crippen molar-refractivity contribution in [3.8, 4) is 0 Å². The van der Waals surface area contributed by atoms with E-state index in [0.29, 0.717) is 10.9 Å². The third-order valence-electron chi connectivity index (χ3n) is 2.56. The quantitative estimate of drug-likeness (QED) is 0.397. The van der Waals surface area contributed by atoms with Crippen LogP contribution in [0.2, 0.25) is 0 Å². The molecule has 1 nitrogen and oxygen atoms in total. The van der Waals surface area contributed by atoms with Crippen molar-refractivity contribution in [2.24, 2.45) is 0 Å². The molecule has 0 N–H and O–H groups in total. The van der Waals surface area contributed by atoms with E-state index in [2.05, 4.69) is 4.98 Å². The Morgan fingerprint density at radius 1 is 0.733 bits per heavy atom. The van der Waals surface area contributed by atoms with E-state index >= 15 is 0 Å². The molecular weight excluding hydrogens is 189 g/mol. The van der Waals surface area contributed by atoms with Gasteiger partial charge in [-0.15, -0.1) is 0 Å². The number of hydrogen-bond acceptors (Lipinski definition) is 1. The van der Waals surface area contributed by atoms with Crippen LogP contribution in [0.4, 0.5) is 4.39 Å². The molecule has 2 aromatic carbocycles. The molecular formula is C13H8FN. The first-order valence-electron chi connectivity index (χ1n) is 4.79. The number of rotatable bonds is 0. The number of pyridine rings is 1. The van der Waals surface area contributed by atoms with E-state index in [0.717, 1.165) is 10.8 Å². The molecule has 2 heteroatoms. The molecule has 0 atom stereocenters. The summed E-state index contributed by atoms with van der Waals surface area (Å²) in [5.74, 6) is -0.399. The van der Waals surface area contributed by atoms with E-state index in [1.54, 1.807) is 6.07 Å². The number of para-hydroxylation sites is 1. The first-order valence-corrected chi connectivity index (χ1v) is 4.79. The van der Waals surface area contributed by atoms with Gasteiger partial charge in [0, 0.05) is 10.8 Å². The summed E-state index contributed by atoms with van der Waals surface area (Å²) < 4.78 is 13.6. The normalized spacial score (nSPS) is 11.0. The summed E-state index contributed by atoms with van der Waals surface area (Å²) in [7, 11) is 0. The molecule has 0 aliphatic heterocycles. The molecule has 0 unspecified atom stereocenters. The molecule has 72 valence electrons. The highest BCUT2D eigenvalue weighted by molar-refractivity contribution is 6.05. The van der Waals surface area contributed by atoms with Crippen molar-refractivity contribution in [1.29, 1.82) is 0 Å². The highest BCUT2D eigenvalue weighted by Gasteiger charge is 2.05. The second-order valence-corrected chi connectivity index (χ2v) is 3.47. The minimum Gasteiger partial charge on any atom is -0.219 e. The van der Waals surface area contributed by atoms with Gasteiger partial charge in [-0.05, 0) is 17.5 Å². The number of hydrogen-bond donors (Lipinski definition) is 0. The van der Waals surface area contributed by atoms with Crippen LogP contribution < -0.4 is 0 Å². The summed E-state index contributed by atoms with van der Waals surface area (Å²) in [6.07, 6.45) is 0. The summed E-state index contributed by atoms with van der Waals surface area (Å²) in [4.78, 5) is 3.94. The first-order chi connectivity index (χ1) is 7.36. The summed E-state index contributed by atoms with van der Waals surface area (Å²) in [6, 6.07) is 15.0. The predicted octanol–water partition coefficient (Wildman–Crippen LogP) is 3.53. The van der Waals surface area contributed by atoms with Gasteiger partial charge in [-0.3, -0.25) is 0 Å². The molecule has 0 amide bonds. The van der Waals surface area contributed by atoms with E-state index in [-0.39, 0.29) is 0 Å². The third-order valence-corrected chi connectivity index (χ3v) is 2.56. The number of aromatic nitrogens is 1. The molecule has 1 heterocycles.